The zero-order valence-electron chi connectivity index (χ0n) is 22.4. The van der Waals surface area contributed by atoms with Crippen molar-refractivity contribution in [1.82, 2.24) is 15.5 Å². The highest BCUT2D eigenvalue weighted by molar-refractivity contribution is 5.92. The van der Waals surface area contributed by atoms with Crippen molar-refractivity contribution in [3.63, 3.8) is 0 Å². The Morgan fingerprint density at radius 1 is 1.06 bits per heavy atom. The minimum Gasteiger partial charge on any atom is -0.444 e. The lowest BCUT2D eigenvalue weighted by molar-refractivity contribution is -0.148. The standard InChI is InChI=1S/C28H41N3O4/c1-10-19-14-16-20(17-15-19)23(24(32)30-27(4,5)6)31(21-12-11-13-21)25(33)22(18(2)3)29-26(34)35-28(7,8)9/h1,14-18,21-23H,11-13H2,2-9H3,(H,29,34)(H,30,32). The molecule has 2 N–H and O–H groups in total. The highest BCUT2D eigenvalue weighted by Gasteiger charge is 2.43. The predicted octanol–water partition coefficient (Wildman–Crippen LogP) is 4.55. The molecule has 35 heavy (non-hydrogen) atoms. The van der Waals surface area contributed by atoms with E-state index >= 15 is 0 Å². The number of benzene rings is 1. The predicted molar refractivity (Wildman–Crippen MR) is 137 cm³/mol. The third-order valence-corrected chi connectivity index (χ3v) is 5.75. The van der Waals surface area contributed by atoms with Gasteiger partial charge < -0.3 is 20.3 Å². The van der Waals surface area contributed by atoms with E-state index in [0.29, 0.717) is 11.1 Å². The van der Waals surface area contributed by atoms with E-state index in [4.69, 9.17) is 11.2 Å². The van der Waals surface area contributed by atoms with Crippen LogP contribution in [0.5, 0.6) is 0 Å². The minimum absolute atomic E-state index is 0.104. The van der Waals surface area contributed by atoms with Gasteiger partial charge in [-0.3, -0.25) is 9.59 Å². The molecule has 2 rings (SSSR count). The summed E-state index contributed by atoms with van der Waals surface area (Å²) in [6.07, 6.45) is 7.43. The van der Waals surface area contributed by atoms with Crippen LogP contribution in [-0.4, -0.2) is 46.0 Å². The van der Waals surface area contributed by atoms with Gasteiger partial charge in [0.15, 0.2) is 0 Å². The van der Waals surface area contributed by atoms with Crippen molar-refractivity contribution in [2.75, 3.05) is 0 Å². The number of nitrogens with one attached hydrogen (secondary N) is 2. The molecule has 0 radical (unpaired) electrons. The van der Waals surface area contributed by atoms with Gasteiger partial charge in [-0.05, 0) is 84.4 Å². The van der Waals surface area contributed by atoms with Crippen LogP contribution in [0.15, 0.2) is 24.3 Å². The lowest BCUT2D eigenvalue weighted by atomic mass is 9.87. The summed E-state index contributed by atoms with van der Waals surface area (Å²) in [6.45, 7) is 14.7. The zero-order chi connectivity index (χ0) is 26.6. The molecule has 2 atom stereocenters. The van der Waals surface area contributed by atoms with Crippen molar-refractivity contribution >= 4 is 17.9 Å². The lowest BCUT2D eigenvalue weighted by Crippen LogP contribution is -2.59. The second-order valence-corrected chi connectivity index (χ2v) is 11.6. The van der Waals surface area contributed by atoms with Gasteiger partial charge in [-0.1, -0.05) is 31.9 Å². The topological polar surface area (TPSA) is 87.7 Å². The second-order valence-electron chi connectivity index (χ2n) is 11.6. The molecule has 0 bridgehead atoms. The summed E-state index contributed by atoms with van der Waals surface area (Å²) in [5.41, 5.74) is 0.174. The Hall–Kier alpha value is -3.01. The van der Waals surface area contributed by atoms with Crippen LogP contribution in [0.4, 0.5) is 4.79 Å². The van der Waals surface area contributed by atoms with E-state index in [-0.39, 0.29) is 23.8 Å². The quantitative estimate of drug-likeness (QED) is 0.557. The highest BCUT2D eigenvalue weighted by Crippen LogP contribution is 2.34. The van der Waals surface area contributed by atoms with Gasteiger partial charge in [0.2, 0.25) is 11.8 Å². The first-order valence-corrected chi connectivity index (χ1v) is 12.3. The number of carbonyl (C=O) groups excluding carboxylic acids is 3. The van der Waals surface area contributed by atoms with Gasteiger partial charge in [0.1, 0.15) is 17.7 Å². The molecule has 0 saturated heterocycles. The van der Waals surface area contributed by atoms with E-state index in [0.717, 1.165) is 19.3 Å². The third kappa shape index (κ3) is 8.02. The van der Waals surface area contributed by atoms with Crippen molar-refractivity contribution in [3.05, 3.63) is 35.4 Å². The molecule has 7 nitrogen and oxygen atoms in total. The molecule has 1 saturated carbocycles. The van der Waals surface area contributed by atoms with Crippen molar-refractivity contribution in [3.8, 4) is 12.3 Å². The average molecular weight is 484 g/mol. The Labute approximate surface area is 210 Å². The maximum Gasteiger partial charge on any atom is 0.408 e. The summed E-state index contributed by atoms with van der Waals surface area (Å²) in [4.78, 5) is 42.0. The monoisotopic (exact) mass is 483 g/mol. The van der Waals surface area contributed by atoms with E-state index in [1.165, 1.54) is 0 Å². The molecule has 1 aromatic rings. The number of terminal acetylenes is 1. The second kappa shape index (κ2) is 11.2. The fourth-order valence-electron chi connectivity index (χ4n) is 3.93. The molecular formula is C28H41N3O4. The maximum absolute atomic E-state index is 14.1. The molecule has 0 heterocycles. The van der Waals surface area contributed by atoms with Crippen molar-refractivity contribution in [2.24, 2.45) is 5.92 Å². The Morgan fingerprint density at radius 3 is 2.03 bits per heavy atom. The fraction of sp³-hybridized carbons (Fsp3) is 0.607. The lowest BCUT2D eigenvalue weighted by Gasteiger charge is -2.44. The Bertz CT molecular complexity index is 944. The molecule has 0 aliphatic heterocycles. The largest absolute Gasteiger partial charge is 0.444 e. The number of hydrogen-bond donors (Lipinski definition) is 2. The number of amides is 3. The molecule has 0 spiro atoms. The number of hydrogen-bond acceptors (Lipinski definition) is 4. The van der Waals surface area contributed by atoms with Crippen LogP contribution in [-0.2, 0) is 14.3 Å². The van der Waals surface area contributed by atoms with Gasteiger partial charge in [-0.15, -0.1) is 6.42 Å². The third-order valence-electron chi connectivity index (χ3n) is 5.75. The van der Waals surface area contributed by atoms with Gasteiger partial charge in [0, 0.05) is 17.1 Å². The SMILES string of the molecule is C#Cc1ccc(C(C(=O)NC(C)(C)C)N(C(=O)C(NC(=O)OC(C)(C)C)C(C)C)C2CCC2)cc1. The number of nitrogens with zero attached hydrogens (tertiary/aromatic N) is 1. The number of carbonyl (C=O) groups is 3. The Kier molecular flexibility index (Phi) is 9.00. The summed E-state index contributed by atoms with van der Waals surface area (Å²) in [5, 5.41) is 5.80. The molecule has 3 amide bonds. The Balaban J connectivity index is 2.51. The van der Waals surface area contributed by atoms with E-state index in [2.05, 4.69) is 16.6 Å². The molecule has 1 aliphatic rings. The minimum atomic E-state index is -0.861. The first-order chi connectivity index (χ1) is 16.1. The highest BCUT2D eigenvalue weighted by atomic mass is 16.6. The Morgan fingerprint density at radius 2 is 1.63 bits per heavy atom. The molecule has 0 aromatic heterocycles. The van der Waals surface area contributed by atoms with Crippen molar-refractivity contribution < 1.29 is 19.1 Å². The van der Waals surface area contributed by atoms with Crippen LogP contribution < -0.4 is 10.6 Å². The van der Waals surface area contributed by atoms with Crippen molar-refractivity contribution in [1.29, 1.82) is 0 Å². The average Bonchev–Trinajstić information content (AvgIpc) is 2.67. The van der Waals surface area contributed by atoms with E-state index in [9.17, 15) is 14.4 Å². The van der Waals surface area contributed by atoms with Gasteiger partial charge in [0.05, 0.1) is 0 Å². The molecule has 1 aromatic carbocycles. The summed E-state index contributed by atoms with van der Waals surface area (Å²) in [6, 6.07) is 5.33. The van der Waals surface area contributed by atoms with E-state index < -0.39 is 29.3 Å². The van der Waals surface area contributed by atoms with E-state index in [1.807, 2.05) is 34.6 Å². The normalized spacial score (nSPS) is 15.9. The van der Waals surface area contributed by atoms with Gasteiger partial charge in [-0.2, -0.15) is 0 Å². The van der Waals surface area contributed by atoms with Crippen LogP contribution in [0.2, 0.25) is 0 Å². The molecule has 192 valence electrons. The first kappa shape index (κ1) is 28.2. The zero-order valence-corrected chi connectivity index (χ0v) is 22.4. The first-order valence-electron chi connectivity index (χ1n) is 12.3. The molecule has 2 unspecified atom stereocenters. The van der Waals surface area contributed by atoms with Gasteiger partial charge in [-0.25, -0.2) is 4.79 Å². The fourth-order valence-corrected chi connectivity index (χ4v) is 3.93. The number of rotatable bonds is 7. The van der Waals surface area contributed by atoms with Gasteiger partial charge >= 0.3 is 6.09 Å². The van der Waals surface area contributed by atoms with Crippen LogP contribution in [0, 0.1) is 18.3 Å². The summed E-state index contributed by atoms with van der Waals surface area (Å²) in [5.74, 6) is 1.80. The summed E-state index contributed by atoms with van der Waals surface area (Å²) >= 11 is 0. The number of alkyl carbamates (subject to hydrolysis) is 1. The van der Waals surface area contributed by atoms with Crippen LogP contribution >= 0.6 is 0 Å². The number of ether oxygens (including phenoxy) is 1. The van der Waals surface area contributed by atoms with Crippen LogP contribution in [0.3, 0.4) is 0 Å². The maximum atomic E-state index is 14.1. The van der Waals surface area contributed by atoms with Crippen LogP contribution in [0.25, 0.3) is 0 Å². The molecule has 1 aliphatic carbocycles. The molecule has 7 heteroatoms. The smallest absolute Gasteiger partial charge is 0.408 e. The summed E-state index contributed by atoms with van der Waals surface area (Å²) < 4.78 is 5.41. The van der Waals surface area contributed by atoms with Gasteiger partial charge in [0.25, 0.3) is 0 Å². The molecular weight excluding hydrogens is 442 g/mol. The van der Waals surface area contributed by atoms with E-state index in [1.54, 1.807) is 49.9 Å². The summed E-state index contributed by atoms with van der Waals surface area (Å²) in [7, 11) is 0. The van der Waals surface area contributed by atoms with Crippen molar-refractivity contribution in [2.45, 2.75) is 104 Å². The van der Waals surface area contributed by atoms with Crippen LogP contribution in [0.1, 0.15) is 91.8 Å². The molecule has 1 fully saturated rings.